The second-order valence-corrected chi connectivity index (χ2v) is 5.32. The average molecular weight is 334 g/mol. The first-order chi connectivity index (χ1) is 8.09. The fraction of sp³-hybridized carbons (Fsp3) is 0.0769. The van der Waals surface area contributed by atoms with Crippen LogP contribution in [0.3, 0.4) is 0 Å². The van der Waals surface area contributed by atoms with Gasteiger partial charge in [-0.25, -0.2) is 4.39 Å². The zero-order chi connectivity index (χ0) is 12.4. The molecule has 1 unspecified atom stereocenters. The summed E-state index contributed by atoms with van der Waals surface area (Å²) in [4.78, 5) is 0. The molecule has 88 valence electrons. The van der Waals surface area contributed by atoms with Crippen LogP contribution in [0.5, 0.6) is 0 Å². The second kappa shape index (κ2) is 5.38. The van der Waals surface area contributed by atoms with Crippen LogP contribution in [-0.2, 0) is 0 Å². The van der Waals surface area contributed by atoms with Crippen molar-refractivity contribution in [3.63, 3.8) is 0 Å². The minimum atomic E-state index is -0.540. The third-order valence-electron chi connectivity index (χ3n) is 2.42. The average Bonchev–Trinajstić information content (AvgIpc) is 2.33. The quantitative estimate of drug-likeness (QED) is 0.630. The summed E-state index contributed by atoms with van der Waals surface area (Å²) in [6.07, 6.45) is 0. The topological polar surface area (TPSA) is 0 Å². The van der Waals surface area contributed by atoms with Crippen molar-refractivity contribution in [3.8, 4) is 0 Å². The number of hydrogen-bond acceptors (Lipinski definition) is 0. The van der Waals surface area contributed by atoms with Crippen LogP contribution in [0.25, 0.3) is 0 Å². The fourth-order valence-corrected chi connectivity index (χ4v) is 2.29. The van der Waals surface area contributed by atoms with E-state index in [0.717, 1.165) is 10.0 Å². The minimum Gasteiger partial charge on any atom is -0.205 e. The van der Waals surface area contributed by atoms with Crippen LogP contribution in [-0.4, -0.2) is 0 Å². The van der Waals surface area contributed by atoms with Gasteiger partial charge in [-0.1, -0.05) is 51.8 Å². The molecule has 0 saturated heterocycles. The van der Waals surface area contributed by atoms with Gasteiger partial charge in [0.15, 0.2) is 0 Å². The van der Waals surface area contributed by atoms with Gasteiger partial charge in [0, 0.05) is 10.0 Å². The summed E-state index contributed by atoms with van der Waals surface area (Å²) in [6, 6.07) is 12.3. The largest absolute Gasteiger partial charge is 0.205 e. The highest BCUT2D eigenvalue weighted by molar-refractivity contribution is 9.10. The number of rotatable bonds is 2. The van der Waals surface area contributed by atoms with Gasteiger partial charge >= 0.3 is 0 Å². The Morgan fingerprint density at radius 2 is 1.71 bits per heavy atom. The Morgan fingerprint density at radius 3 is 2.35 bits per heavy atom. The smallest absolute Gasteiger partial charge is 0.146 e. The number of hydrogen-bond donors (Lipinski definition) is 0. The monoisotopic (exact) mass is 332 g/mol. The molecule has 0 radical (unpaired) electrons. The van der Waals surface area contributed by atoms with E-state index < -0.39 is 11.2 Å². The zero-order valence-electron chi connectivity index (χ0n) is 8.63. The molecule has 2 aromatic rings. The fourth-order valence-electron chi connectivity index (χ4n) is 1.53. The van der Waals surface area contributed by atoms with Crippen molar-refractivity contribution in [2.75, 3.05) is 0 Å². The standard InChI is InChI=1S/C13H8BrCl2F/c14-9-6-4-8(5-7-9)12(16)10-2-1-3-11(15)13(10)17/h1-7,12H. The maximum atomic E-state index is 13.8. The Labute approximate surface area is 117 Å². The predicted octanol–water partition coefficient (Wildman–Crippen LogP) is 5.57. The van der Waals surface area contributed by atoms with Crippen LogP contribution < -0.4 is 0 Å². The molecule has 0 aliphatic carbocycles. The molecule has 2 aromatic carbocycles. The van der Waals surface area contributed by atoms with Gasteiger partial charge in [0.25, 0.3) is 0 Å². The van der Waals surface area contributed by atoms with Crippen LogP contribution >= 0.6 is 39.1 Å². The molecule has 0 aromatic heterocycles. The zero-order valence-corrected chi connectivity index (χ0v) is 11.7. The van der Waals surface area contributed by atoms with Crippen molar-refractivity contribution >= 4 is 39.1 Å². The third kappa shape index (κ3) is 2.82. The van der Waals surface area contributed by atoms with E-state index in [-0.39, 0.29) is 5.02 Å². The maximum Gasteiger partial charge on any atom is 0.146 e. The van der Waals surface area contributed by atoms with E-state index in [0.29, 0.717) is 5.56 Å². The highest BCUT2D eigenvalue weighted by Gasteiger charge is 2.16. The molecule has 2 rings (SSSR count). The van der Waals surface area contributed by atoms with Crippen molar-refractivity contribution in [2.24, 2.45) is 0 Å². The van der Waals surface area contributed by atoms with Crippen LogP contribution in [0.15, 0.2) is 46.9 Å². The first-order valence-corrected chi connectivity index (χ1v) is 6.54. The van der Waals surface area contributed by atoms with Gasteiger partial charge in [-0.3, -0.25) is 0 Å². The highest BCUT2D eigenvalue weighted by atomic mass is 79.9. The Balaban J connectivity index is 2.40. The molecule has 0 fully saturated rings. The second-order valence-electron chi connectivity index (χ2n) is 3.56. The van der Waals surface area contributed by atoms with Gasteiger partial charge < -0.3 is 0 Å². The molecular weight excluding hydrogens is 326 g/mol. The van der Waals surface area contributed by atoms with E-state index in [1.54, 1.807) is 12.1 Å². The van der Waals surface area contributed by atoms with Gasteiger partial charge in [0.1, 0.15) is 5.82 Å². The van der Waals surface area contributed by atoms with Gasteiger partial charge in [-0.05, 0) is 23.8 Å². The molecule has 0 spiro atoms. The van der Waals surface area contributed by atoms with Crippen LogP contribution in [0.1, 0.15) is 16.5 Å². The van der Waals surface area contributed by atoms with Gasteiger partial charge in [0.05, 0.1) is 10.4 Å². The molecule has 1 atom stereocenters. The predicted molar refractivity (Wildman–Crippen MR) is 73.2 cm³/mol. The molecule has 0 bridgehead atoms. The normalized spacial score (nSPS) is 12.5. The molecule has 0 saturated carbocycles. The van der Waals surface area contributed by atoms with Crippen molar-refractivity contribution in [3.05, 3.63) is 68.9 Å². The Morgan fingerprint density at radius 1 is 1.06 bits per heavy atom. The number of halogens is 4. The summed E-state index contributed by atoms with van der Waals surface area (Å²) in [6.45, 7) is 0. The highest BCUT2D eigenvalue weighted by Crippen LogP contribution is 2.33. The lowest BCUT2D eigenvalue weighted by molar-refractivity contribution is 0.613. The Hall–Kier alpha value is -0.570. The molecule has 0 N–H and O–H groups in total. The molecule has 0 heterocycles. The third-order valence-corrected chi connectivity index (χ3v) is 3.72. The Bertz CT molecular complexity index is 525. The molecule has 0 amide bonds. The van der Waals surface area contributed by atoms with E-state index in [2.05, 4.69) is 15.9 Å². The molecular formula is C13H8BrCl2F. The lowest BCUT2D eigenvalue weighted by atomic mass is 10.0. The summed E-state index contributed by atoms with van der Waals surface area (Å²) < 4.78 is 14.7. The summed E-state index contributed by atoms with van der Waals surface area (Å²) in [5.74, 6) is -0.461. The minimum absolute atomic E-state index is 0.0882. The van der Waals surface area contributed by atoms with Crippen molar-refractivity contribution in [1.29, 1.82) is 0 Å². The molecule has 17 heavy (non-hydrogen) atoms. The van der Waals surface area contributed by atoms with E-state index in [4.69, 9.17) is 23.2 Å². The summed E-state index contributed by atoms with van der Waals surface area (Å²) in [7, 11) is 0. The summed E-state index contributed by atoms with van der Waals surface area (Å²) in [5, 5.41) is -0.452. The SMILES string of the molecule is Fc1c(Cl)cccc1C(Cl)c1ccc(Br)cc1. The van der Waals surface area contributed by atoms with Crippen molar-refractivity contribution in [1.82, 2.24) is 0 Å². The van der Waals surface area contributed by atoms with Gasteiger partial charge in [-0.15, -0.1) is 11.6 Å². The van der Waals surface area contributed by atoms with Gasteiger partial charge in [-0.2, -0.15) is 0 Å². The lowest BCUT2D eigenvalue weighted by Crippen LogP contribution is -1.97. The van der Waals surface area contributed by atoms with E-state index in [1.165, 1.54) is 6.07 Å². The first-order valence-electron chi connectivity index (χ1n) is 4.93. The van der Waals surface area contributed by atoms with E-state index in [9.17, 15) is 4.39 Å². The lowest BCUT2D eigenvalue weighted by Gasteiger charge is -2.12. The van der Waals surface area contributed by atoms with Crippen LogP contribution in [0.2, 0.25) is 5.02 Å². The molecule has 0 aliphatic heterocycles. The van der Waals surface area contributed by atoms with Gasteiger partial charge in [0.2, 0.25) is 0 Å². The van der Waals surface area contributed by atoms with Crippen LogP contribution in [0, 0.1) is 5.82 Å². The molecule has 0 nitrogen and oxygen atoms in total. The van der Waals surface area contributed by atoms with E-state index >= 15 is 0 Å². The van der Waals surface area contributed by atoms with E-state index in [1.807, 2.05) is 24.3 Å². The number of benzene rings is 2. The Kier molecular flexibility index (Phi) is 4.08. The summed E-state index contributed by atoms with van der Waals surface area (Å²) in [5.41, 5.74) is 1.22. The summed E-state index contributed by atoms with van der Waals surface area (Å²) >= 11 is 15.3. The molecule has 4 heteroatoms. The van der Waals surface area contributed by atoms with Crippen molar-refractivity contribution in [2.45, 2.75) is 5.38 Å². The van der Waals surface area contributed by atoms with Crippen LogP contribution in [0.4, 0.5) is 4.39 Å². The first kappa shape index (κ1) is 12.9. The number of alkyl halides is 1. The van der Waals surface area contributed by atoms with Crippen molar-refractivity contribution < 1.29 is 4.39 Å². The molecule has 0 aliphatic rings. The maximum absolute atomic E-state index is 13.8.